The van der Waals surface area contributed by atoms with E-state index in [4.69, 9.17) is 0 Å². The highest BCUT2D eigenvalue weighted by atomic mass is 15.0. The van der Waals surface area contributed by atoms with Crippen LogP contribution in [-0.4, -0.2) is 9.13 Å². The number of aromatic nitrogens is 2. The summed E-state index contributed by atoms with van der Waals surface area (Å²) in [6, 6.07) is 52.4. The van der Waals surface area contributed by atoms with Gasteiger partial charge in [0.15, 0.2) is 0 Å². The second-order valence-electron chi connectivity index (χ2n) is 12.6. The van der Waals surface area contributed by atoms with E-state index in [0.717, 1.165) is 60.9 Å². The minimum Gasteiger partial charge on any atom is -0.309 e. The van der Waals surface area contributed by atoms with E-state index in [1.165, 1.54) is 10.8 Å². The molecule has 5 heteroatoms. The first-order chi connectivity index (χ1) is 24.7. The van der Waals surface area contributed by atoms with Crippen molar-refractivity contribution >= 4 is 49.2 Å². The monoisotopic (exact) mass is 637 g/mol. The number of para-hydroxylation sites is 3. The molecule has 6 aromatic carbocycles. The van der Waals surface area contributed by atoms with Gasteiger partial charge in [-0.05, 0) is 77.4 Å². The van der Waals surface area contributed by atoms with Crippen LogP contribution in [0.1, 0.15) is 28.2 Å². The van der Waals surface area contributed by atoms with Gasteiger partial charge in [0.05, 0.1) is 63.0 Å². The summed E-state index contributed by atoms with van der Waals surface area (Å²) in [5.74, 6) is -0.482. The topological polar surface area (TPSA) is 81.2 Å². The van der Waals surface area contributed by atoms with E-state index in [1.54, 1.807) is 0 Å². The second-order valence-corrected chi connectivity index (χ2v) is 12.6. The van der Waals surface area contributed by atoms with Gasteiger partial charge in [0, 0.05) is 33.2 Å². The van der Waals surface area contributed by atoms with E-state index >= 15 is 0 Å². The molecule has 2 unspecified atom stereocenters. The standard InChI is InChI=1S/C45H27N5/c46-26-29-16-23-43-39(24-29)45-33(28-48)8-7-15-44(45)49(43)34-21-19-30(20-22-34)31-17-18-32(27-47)38(25-31)37-11-3-6-14-42(37)50-40-12-4-1-9-35(40)36-10-2-5-13-41(36)50/h1-25,32,38H. The van der Waals surface area contributed by atoms with Crippen molar-refractivity contribution in [2.45, 2.75) is 5.92 Å². The molecular formula is C45H27N5. The Balaban J connectivity index is 1.16. The van der Waals surface area contributed by atoms with Crippen LogP contribution in [0.15, 0.2) is 152 Å². The first-order valence-electron chi connectivity index (χ1n) is 16.5. The lowest BCUT2D eigenvalue weighted by atomic mass is 9.80. The number of nitriles is 3. The van der Waals surface area contributed by atoms with Gasteiger partial charge >= 0.3 is 0 Å². The maximum absolute atomic E-state index is 10.4. The zero-order valence-electron chi connectivity index (χ0n) is 26.8. The Morgan fingerprint density at radius 3 is 1.96 bits per heavy atom. The zero-order chi connectivity index (χ0) is 33.8. The first-order valence-corrected chi connectivity index (χ1v) is 16.5. The Hall–Kier alpha value is -7.13. The summed E-state index contributed by atoms with van der Waals surface area (Å²) in [7, 11) is 0. The van der Waals surface area contributed by atoms with Gasteiger partial charge in [-0.15, -0.1) is 0 Å². The van der Waals surface area contributed by atoms with E-state index in [-0.39, 0.29) is 11.8 Å². The number of fused-ring (bicyclic) bond motifs is 6. The highest BCUT2D eigenvalue weighted by Gasteiger charge is 2.27. The second kappa shape index (κ2) is 11.5. The number of nitrogens with zero attached hydrogens (tertiary/aromatic N) is 5. The molecule has 50 heavy (non-hydrogen) atoms. The predicted octanol–water partition coefficient (Wildman–Crippen LogP) is 10.5. The van der Waals surface area contributed by atoms with Crippen LogP contribution in [0.2, 0.25) is 0 Å². The highest BCUT2D eigenvalue weighted by molar-refractivity contribution is 6.12. The molecule has 0 spiro atoms. The zero-order valence-corrected chi connectivity index (χ0v) is 26.8. The van der Waals surface area contributed by atoms with Gasteiger partial charge in [0.1, 0.15) is 0 Å². The summed E-state index contributed by atoms with van der Waals surface area (Å²) in [5, 5.41) is 34.0. The van der Waals surface area contributed by atoms with Crippen LogP contribution in [0.25, 0.3) is 60.6 Å². The summed E-state index contributed by atoms with van der Waals surface area (Å²) in [5.41, 5.74) is 10.5. The Kier molecular flexibility index (Phi) is 6.70. The molecule has 232 valence electrons. The number of benzene rings is 6. The van der Waals surface area contributed by atoms with Gasteiger partial charge in [0.2, 0.25) is 0 Å². The number of hydrogen-bond donors (Lipinski definition) is 0. The Morgan fingerprint density at radius 2 is 1.24 bits per heavy atom. The molecular weight excluding hydrogens is 611 g/mol. The summed E-state index contributed by atoms with van der Waals surface area (Å²) >= 11 is 0. The molecule has 0 fully saturated rings. The molecule has 2 heterocycles. The van der Waals surface area contributed by atoms with Gasteiger partial charge in [-0.25, -0.2) is 0 Å². The predicted molar refractivity (Wildman–Crippen MR) is 200 cm³/mol. The summed E-state index contributed by atoms with van der Waals surface area (Å²) in [6.45, 7) is 0. The van der Waals surface area contributed by atoms with Crippen molar-refractivity contribution in [1.29, 1.82) is 15.8 Å². The molecule has 0 N–H and O–H groups in total. The van der Waals surface area contributed by atoms with E-state index in [9.17, 15) is 15.8 Å². The Labute approximate surface area is 288 Å². The lowest BCUT2D eigenvalue weighted by Gasteiger charge is -2.25. The van der Waals surface area contributed by atoms with Crippen molar-refractivity contribution in [1.82, 2.24) is 9.13 Å². The normalized spacial score (nSPS) is 15.6. The van der Waals surface area contributed by atoms with Crippen LogP contribution in [-0.2, 0) is 0 Å². The van der Waals surface area contributed by atoms with Crippen molar-refractivity contribution in [3.8, 4) is 29.6 Å². The third-order valence-corrected chi connectivity index (χ3v) is 9.99. The van der Waals surface area contributed by atoms with E-state index in [0.29, 0.717) is 11.1 Å². The van der Waals surface area contributed by atoms with Crippen LogP contribution in [0.4, 0.5) is 0 Å². The lowest BCUT2D eigenvalue weighted by molar-refractivity contribution is 0.711. The molecule has 5 nitrogen and oxygen atoms in total. The minimum atomic E-state index is -0.322. The number of hydrogen-bond acceptors (Lipinski definition) is 3. The first kappa shape index (κ1) is 29.0. The third-order valence-electron chi connectivity index (χ3n) is 9.99. The molecule has 0 radical (unpaired) electrons. The molecule has 1 aliphatic rings. The molecule has 0 amide bonds. The fourth-order valence-corrected chi connectivity index (χ4v) is 7.75. The smallest absolute Gasteiger partial charge is 0.0998 e. The summed E-state index contributed by atoms with van der Waals surface area (Å²) in [6.07, 6.45) is 6.32. The third kappa shape index (κ3) is 4.37. The maximum atomic E-state index is 10.4. The highest BCUT2D eigenvalue weighted by Crippen LogP contribution is 2.41. The van der Waals surface area contributed by atoms with Gasteiger partial charge in [-0.1, -0.05) is 91.0 Å². The van der Waals surface area contributed by atoms with Gasteiger partial charge < -0.3 is 9.13 Å². The van der Waals surface area contributed by atoms with Crippen molar-refractivity contribution in [2.75, 3.05) is 0 Å². The molecule has 0 saturated heterocycles. The molecule has 0 saturated carbocycles. The van der Waals surface area contributed by atoms with Crippen molar-refractivity contribution in [2.24, 2.45) is 5.92 Å². The average molecular weight is 638 g/mol. The average Bonchev–Trinajstić information content (AvgIpc) is 3.70. The van der Waals surface area contributed by atoms with Crippen LogP contribution in [0, 0.1) is 39.9 Å². The summed E-state index contributed by atoms with van der Waals surface area (Å²) in [4.78, 5) is 0. The van der Waals surface area contributed by atoms with E-state index in [2.05, 4.69) is 137 Å². The van der Waals surface area contributed by atoms with Gasteiger partial charge in [-0.2, -0.15) is 15.8 Å². The number of rotatable bonds is 4. The number of allylic oxidation sites excluding steroid dienone is 4. The van der Waals surface area contributed by atoms with Gasteiger partial charge in [0.25, 0.3) is 0 Å². The van der Waals surface area contributed by atoms with Crippen molar-refractivity contribution in [3.63, 3.8) is 0 Å². The Bertz CT molecular complexity index is 2810. The van der Waals surface area contributed by atoms with Crippen LogP contribution in [0.3, 0.4) is 0 Å². The molecule has 8 aromatic rings. The molecule has 9 rings (SSSR count). The molecule has 1 aliphatic carbocycles. The Morgan fingerprint density at radius 1 is 0.560 bits per heavy atom. The van der Waals surface area contributed by atoms with E-state index < -0.39 is 0 Å². The molecule has 2 aromatic heterocycles. The summed E-state index contributed by atoms with van der Waals surface area (Å²) < 4.78 is 4.48. The molecule has 2 atom stereocenters. The lowest BCUT2D eigenvalue weighted by Crippen LogP contribution is -2.13. The molecule has 0 aliphatic heterocycles. The SMILES string of the molecule is N#Cc1ccc2c(c1)c1c(C#N)cccc1n2-c1ccc(C2=CC(c3ccccc3-n3c4ccccc4c4ccccc43)C(C#N)C=C2)cc1. The fourth-order valence-electron chi connectivity index (χ4n) is 7.75. The van der Waals surface area contributed by atoms with Crippen LogP contribution >= 0.6 is 0 Å². The minimum absolute atomic E-state index is 0.160. The molecule has 0 bridgehead atoms. The fraction of sp³-hybridized carbons (Fsp3) is 0.0444. The quantitative estimate of drug-likeness (QED) is 0.193. The van der Waals surface area contributed by atoms with Crippen LogP contribution < -0.4 is 0 Å². The van der Waals surface area contributed by atoms with Gasteiger partial charge in [-0.3, -0.25) is 0 Å². The van der Waals surface area contributed by atoms with Crippen molar-refractivity contribution in [3.05, 3.63) is 174 Å². The van der Waals surface area contributed by atoms with E-state index in [1.807, 2.05) is 42.5 Å². The van der Waals surface area contributed by atoms with Crippen molar-refractivity contribution < 1.29 is 0 Å². The largest absolute Gasteiger partial charge is 0.309 e. The maximum Gasteiger partial charge on any atom is 0.0998 e. The van der Waals surface area contributed by atoms with Crippen LogP contribution in [0.5, 0.6) is 0 Å².